The standard InChI is InChI=1S/C17H30N4O2S/c1-4-20-12-16(10-18-20)24(22,23)21-9-5-8-19(11-15-6-7-15)17(13-21)14(2)3/h10,12,14-15,17H,4-9,11,13H2,1-3H3/t17-/m1/s1. The van der Waals surface area contributed by atoms with Crippen molar-refractivity contribution in [2.45, 2.75) is 57.5 Å². The Balaban J connectivity index is 1.79. The van der Waals surface area contributed by atoms with Crippen LogP contribution in [0.1, 0.15) is 40.0 Å². The van der Waals surface area contributed by atoms with Gasteiger partial charge in [-0.15, -0.1) is 0 Å². The van der Waals surface area contributed by atoms with E-state index < -0.39 is 10.0 Å². The summed E-state index contributed by atoms with van der Waals surface area (Å²) in [5, 5.41) is 4.14. The van der Waals surface area contributed by atoms with Crippen molar-refractivity contribution >= 4 is 10.0 Å². The van der Waals surface area contributed by atoms with Gasteiger partial charge in [-0.1, -0.05) is 13.8 Å². The summed E-state index contributed by atoms with van der Waals surface area (Å²) in [5.41, 5.74) is 0. The molecule has 0 N–H and O–H groups in total. The lowest BCUT2D eigenvalue weighted by Gasteiger charge is -2.34. The van der Waals surface area contributed by atoms with Crippen molar-refractivity contribution < 1.29 is 8.42 Å². The molecule has 1 aliphatic carbocycles. The minimum atomic E-state index is -3.45. The zero-order chi connectivity index (χ0) is 17.3. The third kappa shape index (κ3) is 3.83. The number of aromatic nitrogens is 2. The molecule has 2 heterocycles. The first kappa shape index (κ1) is 17.9. The number of hydrogen-bond donors (Lipinski definition) is 0. The van der Waals surface area contributed by atoms with Gasteiger partial charge in [0.2, 0.25) is 10.0 Å². The van der Waals surface area contributed by atoms with E-state index in [4.69, 9.17) is 0 Å². The van der Waals surface area contributed by atoms with Gasteiger partial charge in [-0.3, -0.25) is 9.58 Å². The van der Waals surface area contributed by atoms with Crippen LogP contribution in [0.5, 0.6) is 0 Å². The molecule has 1 aliphatic heterocycles. The van der Waals surface area contributed by atoms with E-state index in [1.165, 1.54) is 19.0 Å². The van der Waals surface area contributed by atoms with E-state index in [0.29, 0.717) is 36.5 Å². The fraction of sp³-hybridized carbons (Fsp3) is 0.824. The molecule has 0 bridgehead atoms. The molecule has 2 fully saturated rings. The first-order valence-corrected chi connectivity index (χ1v) is 10.6. The monoisotopic (exact) mass is 354 g/mol. The second-order valence-corrected chi connectivity index (χ2v) is 9.44. The predicted octanol–water partition coefficient (Wildman–Crippen LogP) is 2.03. The van der Waals surface area contributed by atoms with Gasteiger partial charge in [-0.25, -0.2) is 8.42 Å². The summed E-state index contributed by atoms with van der Waals surface area (Å²) < 4.78 is 29.4. The van der Waals surface area contributed by atoms with E-state index in [1.807, 2.05) is 6.92 Å². The Bertz CT molecular complexity index is 651. The minimum absolute atomic E-state index is 0.295. The molecular formula is C17H30N4O2S. The predicted molar refractivity (Wildman–Crippen MR) is 94.2 cm³/mol. The third-order valence-corrected chi connectivity index (χ3v) is 7.06. The smallest absolute Gasteiger partial charge is 0.246 e. The van der Waals surface area contributed by atoms with Crippen LogP contribution in [0.4, 0.5) is 0 Å². The number of hydrogen-bond acceptors (Lipinski definition) is 4. The SMILES string of the molecule is CCn1cc(S(=O)(=O)N2CCCN(CC3CC3)[C@@H](C(C)C)C2)cn1. The average Bonchev–Trinajstić information content (AvgIpc) is 3.26. The highest BCUT2D eigenvalue weighted by molar-refractivity contribution is 7.89. The zero-order valence-electron chi connectivity index (χ0n) is 15.1. The Morgan fingerprint density at radius 1 is 1.29 bits per heavy atom. The van der Waals surface area contributed by atoms with Crippen LogP contribution in [0.3, 0.4) is 0 Å². The van der Waals surface area contributed by atoms with Gasteiger partial charge in [0.15, 0.2) is 0 Å². The molecule has 0 amide bonds. The van der Waals surface area contributed by atoms with Crippen molar-refractivity contribution in [3.05, 3.63) is 12.4 Å². The molecule has 1 saturated carbocycles. The molecule has 0 spiro atoms. The molecule has 0 aromatic carbocycles. The van der Waals surface area contributed by atoms with E-state index >= 15 is 0 Å². The summed E-state index contributed by atoms with van der Waals surface area (Å²) in [6.45, 7) is 10.4. The second-order valence-electron chi connectivity index (χ2n) is 7.50. The van der Waals surface area contributed by atoms with E-state index in [0.717, 1.165) is 25.4 Å². The summed E-state index contributed by atoms with van der Waals surface area (Å²) in [6, 6.07) is 0.295. The van der Waals surface area contributed by atoms with Crippen molar-refractivity contribution in [2.24, 2.45) is 11.8 Å². The maximum atomic E-state index is 13.0. The minimum Gasteiger partial charge on any atom is -0.298 e. The van der Waals surface area contributed by atoms with Crippen molar-refractivity contribution in [3.8, 4) is 0 Å². The molecule has 1 atom stereocenters. The lowest BCUT2D eigenvalue weighted by atomic mass is 10.0. The largest absolute Gasteiger partial charge is 0.298 e. The van der Waals surface area contributed by atoms with Crippen LogP contribution in [0, 0.1) is 11.8 Å². The number of sulfonamides is 1. The van der Waals surface area contributed by atoms with Gasteiger partial charge < -0.3 is 0 Å². The fourth-order valence-electron chi connectivity index (χ4n) is 3.54. The van der Waals surface area contributed by atoms with Crippen LogP contribution in [0.15, 0.2) is 17.3 Å². The molecule has 7 heteroatoms. The highest BCUT2D eigenvalue weighted by Crippen LogP contribution is 2.32. The first-order chi connectivity index (χ1) is 11.4. The van der Waals surface area contributed by atoms with E-state index in [-0.39, 0.29) is 0 Å². The Morgan fingerprint density at radius 2 is 2.04 bits per heavy atom. The number of aryl methyl sites for hydroxylation is 1. The van der Waals surface area contributed by atoms with Crippen molar-refractivity contribution in [2.75, 3.05) is 26.2 Å². The highest BCUT2D eigenvalue weighted by atomic mass is 32.2. The van der Waals surface area contributed by atoms with E-state index in [9.17, 15) is 8.42 Å². The molecule has 24 heavy (non-hydrogen) atoms. The van der Waals surface area contributed by atoms with Crippen LogP contribution >= 0.6 is 0 Å². The summed E-state index contributed by atoms with van der Waals surface area (Å²) in [7, 11) is -3.45. The van der Waals surface area contributed by atoms with Gasteiger partial charge in [-0.05, 0) is 44.6 Å². The normalized spacial score (nSPS) is 24.4. The van der Waals surface area contributed by atoms with E-state index in [1.54, 1.807) is 15.2 Å². The summed E-state index contributed by atoms with van der Waals surface area (Å²) in [5.74, 6) is 1.27. The van der Waals surface area contributed by atoms with Crippen LogP contribution in [-0.4, -0.2) is 59.6 Å². The quantitative estimate of drug-likeness (QED) is 0.784. The van der Waals surface area contributed by atoms with Crippen LogP contribution in [0.2, 0.25) is 0 Å². The zero-order valence-corrected chi connectivity index (χ0v) is 15.9. The van der Waals surface area contributed by atoms with Gasteiger partial charge in [0.25, 0.3) is 0 Å². The molecule has 1 aromatic rings. The molecule has 3 rings (SSSR count). The second kappa shape index (κ2) is 7.14. The van der Waals surface area contributed by atoms with Crippen LogP contribution < -0.4 is 0 Å². The summed E-state index contributed by atoms with van der Waals surface area (Å²) >= 11 is 0. The van der Waals surface area contributed by atoms with Gasteiger partial charge in [0, 0.05) is 38.4 Å². The molecule has 1 aromatic heterocycles. The van der Waals surface area contributed by atoms with Gasteiger partial charge >= 0.3 is 0 Å². The van der Waals surface area contributed by atoms with Gasteiger partial charge in [0.1, 0.15) is 4.90 Å². The van der Waals surface area contributed by atoms with Crippen LogP contribution in [0.25, 0.3) is 0 Å². The number of nitrogens with zero attached hydrogens (tertiary/aromatic N) is 4. The molecule has 0 radical (unpaired) electrons. The Labute approximate surface area is 145 Å². The van der Waals surface area contributed by atoms with Crippen molar-refractivity contribution in [3.63, 3.8) is 0 Å². The molecular weight excluding hydrogens is 324 g/mol. The summed E-state index contributed by atoms with van der Waals surface area (Å²) in [6.07, 6.45) is 6.69. The Kier molecular flexibility index (Phi) is 5.32. The highest BCUT2D eigenvalue weighted by Gasteiger charge is 2.36. The average molecular weight is 355 g/mol. The van der Waals surface area contributed by atoms with Gasteiger partial charge in [-0.2, -0.15) is 9.40 Å². The maximum absolute atomic E-state index is 13.0. The number of rotatable bonds is 6. The fourth-order valence-corrected chi connectivity index (χ4v) is 4.99. The lowest BCUT2D eigenvalue weighted by Crippen LogP contribution is -2.46. The van der Waals surface area contributed by atoms with E-state index in [2.05, 4.69) is 23.8 Å². The third-order valence-electron chi connectivity index (χ3n) is 5.24. The van der Waals surface area contributed by atoms with Crippen molar-refractivity contribution in [1.29, 1.82) is 0 Å². The molecule has 1 saturated heterocycles. The molecule has 6 nitrogen and oxygen atoms in total. The Morgan fingerprint density at radius 3 is 2.62 bits per heavy atom. The Hall–Kier alpha value is -0.920. The van der Waals surface area contributed by atoms with Gasteiger partial charge in [0.05, 0.1) is 6.20 Å². The topological polar surface area (TPSA) is 58.4 Å². The molecule has 0 unspecified atom stereocenters. The van der Waals surface area contributed by atoms with Crippen LogP contribution in [-0.2, 0) is 16.6 Å². The first-order valence-electron chi connectivity index (χ1n) is 9.18. The lowest BCUT2D eigenvalue weighted by molar-refractivity contribution is 0.150. The molecule has 2 aliphatic rings. The maximum Gasteiger partial charge on any atom is 0.246 e. The molecule has 136 valence electrons. The van der Waals surface area contributed by atoms with Crippen molar-refractivity contribution in [1.82, 2.24) is 19.0 Å². The summed E-state index contributed by atoms with van der Waals surface area (Å²) in [4.78, 5) is 2.86.